The molecule has 0 aromatic heterocycles. The summed E-state index contributed by atoms with van der Waals surface area (Å²) in [5, 5.41) is 0. The van der Waals surface area contributed by atoms with Gasteiger partial charge in [0.05, 0.1) is 25.1 Å². The summed E-state index contributed by atoms with van der Waals surface area (Å²) in [4.78, 5) is 0. The minimum absolute atomic E-state index is 0.222. The van der Waals surface area contributed by atoms with Gasteiger partial charge in [0.1, 0.15) is 0 Å². The Morgan fingerprint density at radius 2 is 2.14 bits per heavy atom. The highest BCUT2D eigenvalue weighted by atomic mass is 32.2. The van der Waals surface area contributed by atoms with Crippen molar-refractivity contribution < 1.29 is 17.9 Å². The number of anilines is 1. The minimum Gasteiger partial charge on any atom is -0.353 e. The highest BCUT2D eigenvalue weighted by molar-refractivity contribution is 7.92. The first-order valence-electron chi connectivity index (χ1n) is 7.51. The van der Waals surface area contributed by atoms with Crippen LogP contribution in [0.4, 0.5) is 5.69 Å². The normalized spacial score (nSPS) is 19.1. The Hall–Kier alpha value is -1.15. The maximum Gasteiger partial charge on any atom is 0.232 e. The van der Waals surface area contributed by atoms with Crippen molar-refractivity contribution in [3.05, 3.63) is 29.8 Å². The van der Waals surface area contributed by atoms with Crippen molar-refractivity contribution in [2.24, 2.45) is 5.73 Å². The van der Waals surface area contributed by atoms with Gasteiger partial charge in [0.15, 0.2) is 6.29 Å². The van der Waals surface area contributed by atoms with Gasteiger partial charge in [-0.3, -0.25) is 4.31 Å². The third kappa shape index (κ3) is 4.67. The number of hydrogen-bond acceptors (Lipinski definition) is 5. The summed E-state index contributed by atoms with van der Waals surface area (Å²) < 4.78 is 36.6. The number of rotatable bonds is 7. The quantitative estimate of drug-likeness (QED) is 0.819. The molecule has 1 aliphatic heterocycles. The maximum atomic E-state index is 12.1. The Balaban J connectivity index is 2.04. The van der Waals surface area contributed by atoms with Crippen LogP contribution in [0.2, 0.25) is 0 Å². The lowest BCUT2D eigenvalue weighted by Gasteiger charge is -2.27. The standard InChI is InChI=1S/C15H24N2O4S/c1-22(18,19)17(14-7-3-2-6-13(14)12-16)9-11-21-15-8-4-5-10-20-15/h2-3,6-7,15H,4-5,8-12,16H2,1H3. The average molecular weight is 328 g/mol. The van der Waals surface area contributed by atoms with E-state index in [0.29, 0.717) is 12.3 Å². The lowest BCUT2D eigenvalue weighted by Crippen LogP contribution is -2.35. The molecule has 0 radical (unpaired) electrons. The largest absolute Gasteiger partial charge is 0.353 e. The van der Waals surface area contributed by atoms with Crippen molar-refractivity contribution in [3.63, 3.8) is 0 Å². The van der Waals surface area contributed by atoms with Crippen LogP contribution in [0.5, 0.6) is 0 Å². The lowest BCUT2D eigenvalue weighted by molar-refractivity contribution is -0.160. The summed E-state index contributed by atoms with van der Waals surface area (Å²) in [6, 6.07) is 7.25. The highest BCUT2D eigenvalue weighted by Gasteiger charge is 2.21. The number of ether oxygens (including phenoxy) is 2. The Kier molecular flexibility index (Phi) is 6.19. The molecule has 1 heterocycles. The minimum atomic E-state index is -3.40. The fourth-order valence-corrected chi connectivity index (χ4v) is 3.44. The molecule has 124 valence electrons. The third-order valence-electron chi connectivity index (χ3n) is 3.62. The molecule has 1 unspecified atom stereocenters. The lowest BCUT2D eigenvalue weighted by atomic mass is 10.2. The Morgan fingerprint density at radius 3 is 2.77 bits per heavy atom. The zero-order chi connectivity index (χ0) is 16.0. The predicted molar refractivity (Wildman–Crippen MR) is 86.1 cm³/mol. The summed E-state index contributed by atoms with van der Waals surface area (Å²) >= 11 is 0. The van der Waals surface area contributed by atoms with Gasteiger partial charge in [-0.05, 0) is 30.9 Å². The first-order valence-corrected chi connectivity index (χ1v) is 9.36. The number of nitrogens with two attached hydrogens (primary N) is 1. The van der Waals surface area contributed by atoms with Crippen LogP contribution in [0.25, 0.3) is 0 Å². The first-order chi connectivity index (χ1) is 10.5. The SMILES string of the molecule is CS(=O)(=O)N(CCOC1CCCCO1)c1ccccc1CN. The van der Waals surface area contributed by atoms with Crippen LogP contribution in [-0.4, -0.2) is 40.7 Å². The molecule has 1 saturated heterocycles. The number of hydrogen-bond donors (Lipinski definition) is 1. The smallest absolute Gasteiger partial charge is 0.232 e. The van der Waals surface area contributed by atoms with Crippen molar-refractivity contribution in [1.29, 1.82) is 0 Å². The van der Waals surface area contributed by atoms with E-state index in [2.05, 4.69) is 0 Å². The molecule has 1 fully saturated rings. The van der Waals surface area contributed by atoms with Crippen LogP contribution in [0, 0.1) is 0 Å². The molecule has 1 aliphatic rings. The van der Waals surface area contributed by atoms with Gasteiger partial charge in [-0.1, -0.05) is 18.2 Å². The van der Waals surface area contributed by atoms with E-state index in [4.69, 9.17) is 15.2 Å². The summed E-state index contributed by atoms with van der Waals surface area (Å²) in [5.74, 6) is 0. The van der Waals surface area contributed by atoms with Crippen LogP contribution in [0.1, 0.15) is 24.8 Å². The van der Waals surface area contributed by atoms with E-state index in [0.717, 1.165) is 24.8 Å². The van der Waals surface area contributed by atoms with Crippen molar-refractivity contribution in [3.8, 4) is 0 Å². The van der Waals surface area contributed by atoms with E-state index in [1.165, 1.54) is 10.6 Å². The zero-order valence-electron chi connectivity index (χ0n) is 12.9. The maximum absolute atomic E-state index is 12.1. The summed E-state index contributed by atoms with van der Waals surface area (Å²) in [7, 11) is -3.40. The van der Waals surface area contributed by atoms with Crippen LogP contribution in [-0.2, 0) is 26.0 Å². The Morgan fingerprint density at radius 1 is 1.36 bits per heavy atom. The number of nitrogens with zero attached hydrogens (tertiary/aromatic N) is 1. The van der Waals surface area contributed by atoms with Gasteiger partial charge < -0.3 is 15.2 Å². The molecular formula is C15H24N2O4S. The van der Waals surface area contributed by atoms with Crippen molar-refractivity contribution >= 4 is 15.7 Å². The molecule has 6 nitrogen and oxygen atoms in total. The van der Waals surface area contributed by atoms with E-state index in [1.54, 1.807) is 12.1 Å². The molecule has 0 bridgehead atoms. The van der Waals surface area contributed by atoms with Crippen LogP contribution in [0.3, 0.4) is 0 Å². The molecule has 22 heavy (non-hydrogen) atoms. The van der Waals surface area contributed by atoms with Gasteiger partial charge in [-0.2, -0.15) is 0 Å². The summed E-state index contributed by atoms with van der Waals surface area (Å²) in [6.45, 7) is 1.53. The number of benzene rings is 1. The second-order valence-electron chi connectivity index (χ2n) is 5.33. The Labute approximate surface area is 132 Å². The number of para-hydroxylation sites is 1. The van der Waals surface area contributed by atoms with Crippen LogP contribution < -0.4 is 10.0 Å². The molecule has 7 heteroatoms. The van der Waals surface area contributed by atoms with Crippen molar-refractivity contribution in [2.75, 3.05) is 30.3 Å². The monoisotopic (exact) mass is 328 g/mol. The van der Waals surface area contributed by atoms with E-state index >= 15 is 0 Å². The topological polar surface area (TPSA) is 81.9 Å². The van der Waals surface area contributed by atoms with Crippen LogP contribution in [0.15, 0.2) is 24.3 Å². The fourth-order valence-electron chi connectivity index (χ4n) is 2.50. The van der Waals surface area contributed by atoms with Crippen molar-refractivity contribution in [2.45, 2.75) is 32.1 Å². The Bertz CT molecular complexity index is 571. The molecule has 1 aromatic carbocycles. The summed E-state index contributed by atoms with van der Waals surface area (Å²) in [5.41, 5.74) is 7.11. The fraction of sp³-hybridized carbons (Fsp3) is 0.600. The molecule has 2 N–H and O–H groups in total. The predicted octanol–water partition coefficient (Wildman–Crippen LogP) is 1.45. The van der Waals surface area contributed by atoms with Gasteiger partial charge >= 0.3 is 0 Å². The first kappa shape index (κ1) is 17.2. The highest BCUT2D eigenvalue weighted by Crippen LogP contribution is 2.22. The zero-order valence-corrected chi connectivity index (χ0v) is 13.7. The second kappa shape index (κ2) is 7.92. The molecular weight excluding hydrogens is 304 g/mol. The van der Waals surface area contributed by atoms with E-state index in [1.807, 2.05) is 12.1 Å². The molecule has 0 aliphatic carbocycles. The van der Waals surface area contributed by atoms with Gasteiger partial charge in [-0.15, -0.1) is 0 Å². The van der Waals surface area contributed by atoms with Gasteiger partial charge in [0.2, 0.25) is 10.0 Å². The molecule has 1 aromatic rings. The molecule has 0 saturated carbocycles. The van der Waals surface area contributed by atoms with Gasteiger partial charge in [-0.25, -0.2) is 8.42 Å². The van der Waals surface area contributed by atoms with Gasteiger partial charge in [0.25, 0.3) is 0 Å². The molecule has 0 spiro atoms. The molecule has 0 amide bonds. The van der Waals surface area contributed by atoms with E-state index in [9.17, 15) is 8.42 Å². The average Bonchev–Trinajstić information content (AvgIpc) is 2.51. The van der Waals surface area contributed by atoms with E-state index < -0.39 is 10.0 Å². The van der Waals surface area contributed by atoms with E-state index in [-0.39, 0.29) is 26.0 Å². The summed E-state index contributed by atoms with van der Waals surface area (Å²) in [6.07, 6.45) is 3.96. The third-order valence-corrected chi connectivity index (χ3v) is 4.80. The van der Waals surface area contributed by atoms with Gasteiger partial charge in [0, 0.05) is 13.2 Å². The number of sulfonamides is 1. The molecule has 1 atom stereocenters. The van der Waals surface area contributed by atoms with Crippen molar-refractivity contribution in [1.82, 2.24) is 0 Å². The van der Waals surface area contributed by atoms with Crippen LogP contribution >= 0.6 is 0 Å². The molecule has 2 rings (SSSR count). The second-order valence-corrected chi connectivity index (χ2v) is 7.24.